The zero-order chi connectivity index (χ0) is 25.3. The molecular formula is C29H29NO6. The van der Waals surface area contributed by atoms with Crippen molar-refractivity contribution in [1.82, 2.24) is 4.90 Å². The number of rotatable bonds is 8. The number of nitrogens with zero attached hydrogens (tertiary/aromatic N) is 1. The van der Waals surface area contributed by atoms with Crippen molar-refractivity contribution >= 4 is 28.8 Å². The van der Waals surface area contributed by atoms with E-state index in [0.29, 0.717) is 24.9 Å². The highest BCUT2D eigenvalue weighted by Crippen LogP contribution is 2.37. The first-order valence-corrected chi connectivity index (χ1v) is 12.4. The molecule has 0 heterocycles. The van der Waals surface area contributed by atoms with Crippen molar-refractivity contribution in [3.05, 3.63) is 71.8 Å². The predicted octanol–water partition coefficient (Wildman–Crippen LogP) is 5.95. The molecule has 3 aromatic carbocycles. The predicted molar refractivity (Wildman–Crippen MR) is 135 cm³/mol. The maximum absolute atomic E-state index is 13.2. The van der Waals surface area contributed by atoms with Crippen LogP contribution in [0.25, 0.3) is 21.9 Å². The Kier molecular flexibility index (Phi) is 6.39. The number of carbonyl (C=O) groups excluding carboxylic acids is 1. The van der Waals surface area contributed by atoms with Gasteiger partial charge in [0.1, 0.15) is 5.60 Å². The van der Waals surface area contributed by atoms with Gasteiger partial charge in [0.25, 0.3) is 0 Å². The van der Waals surface area contributed by atoms with Crippen molar-refractivity contribution in [2.45, 2.75) is 50.7 Å². The number of carboxylic acid groups (broad SMARTS) is 2. The Bertz CT molecular complexity index is 1320. The maximum Gasteiger partial charge on any atom is 0.506 e. The van der Waals surface area contributed by atoms with E-state index >= 15 is 0 Å². The van der Waals surface area contributed by atoms with Gasteiger partial charge >= 0.3 is 12.1 Å². The van der Waals surface area contributed by atoms with Crippen LogP contribution in [0.4, 0.5) is 4.79 Å². The maximum atomic E-state index is 13.2. The van der Waals surface area contributed by atoms with Gasteiger partial charge < -0.3 is 19.8 Å². The molecule has 0 aliphatic heterocycles. The minimum atomic E-state index is -1.29. The molecule has 5 rings (SSSR count). The van der Waals surface area contributed by atoms with E-state index in [4.69, 9.17) is 4.74 Å². The highest BCUT2D eigenvalue weighted by atomic mass is 16.7. The molecule has 0 spiro atoms. The van der Waals surface area contributed by atoms with E-state index in [1.165, 1.54) is 0 Å². The lowest BCUT2D eigenvalue weighted by atomic mass is 9.96. The number of carboxylic acids is 1. The first kappa shape index (κ1) is 23.9. The van der Waals surface area contributed by atoms with Crippen LogP contribution in [0.2, 0.25) is 0 Å². The fourth-order valence-electron chi connectivity index (χ4n) is 5.35. The quantitative estimate of drug-likeness (QED) is 0.381. The molecule has 2 saturated carbocycles. The second kappa shape index (κ2) is 9.64. The molecule has 2 N–H and O–H groups in total. The van der Waals surface area contributed by atoms with Crippen LogP contribution in [-0.2, 0) is 16.1 Å². The molecule has 0 bridgehead atoms. The van der Waals surface area contributed by atoms with Crippen LogP contribution < -0.4 is 0 Å². The van der Waals surface area contributed by atoms with Gasteiger partial charge in [-0.05, 0) is 84.2 Å². The van der Waals surface area contributed by atoms with Crippen LogP contribution in [0.1, 0.15) is 54.4 Å². The third kappa shape index (κ3) is 5.05. The summed E-state index contributed by atoms with van der Waals surface area (Å²) in [7, 11) is 0. The highest BCUT2D eigenvalue weighted by molar-refractivity contribution is 5.98. The smallest absolute Gasteiger partial charge is 0.478 e. The van der Waals surface area contributed by atoms with Crippen LogP contribution in [0.15, 0.2) is 60.7 Å². The van der Waals surface area contributed by atoms with Crippen LogP contribution in [0.3, 0.4) is 0 Å². The fraction of sp³-hybridized carbons (Fsp3) is 0.345. The molecule has 2 fully saturated rings. The Hall–Kier alpha value is -3.87. The summed E-state index contributed by atoms with van der Waals surface area (Å²) in [5.41, 5.74) is 1.87. The van der Waals surface area contributed by atoms with Crippen molar-refractivity contribution in [2.24, 2.45) is 5.92 Å². The standard InChI is InChI=1S/C29H29NO6/c31-26(20-9-10-20)30(18-29(36-28(34)35)13-3-4-14-29)17-19-7-8-22-16-23(12-11-21(22)15-19)24-5-1-2-6-25(24)27(32)33/h1-2,5-8,11-12,15-16,20H,3-4,9-10,13-14,17-18H2,(H,32,33)(H,34,35). The Labute approximate surface area is 209 Å². The summed E-state index contributed by atoms with van der Waals surface area (Å²) in [6.45, 7) is 0.664. The third-order valence-corrected chi connectivity index (χ3v) is 7.28. The molecule has 2 aliphatic carbocycles. The molecule has 7 heteroatoms. The normalized spacial score (nSPS) is 16.6. The number of hydrogen-bond acceptors (Lipinski definition) is 4. The highest BCUT2D eigenvalue weighted by Gasteiger charge is 2.43. The van der Waals surface area contributed by atoms with Crippen molar-refractivity contribution in [3.8, 4) is 11.1 Å². The molecule has 186 valence electrons. The van der Waals surface area contributed by atoms with E-state index in [1.54, 1.807) is 23.1 Å². The van der Waals surface area contributed by atoms with Crippen LogP contribution in [0.5, 0.6) is 0 Å². The summed E-state index contributed by atoms with van der Waals surface area (Å²) in [6, 6.07) is 18.8. The van der Waals surface area contributed by atoms with Gasteiger partial charge in [0.05, 0.1) is 12.1 Å². The number of aromatic carboxylic acids is 1. The van der Waals surface area contributed by atoms with E-state index in [-0.39, 0.29) is 23.9 Å². The third-order valence-electron chi connectivity index (χ3n) is 7.28. The Balaban J connectivity index is 1.41. The molecule has 3 aromatic rings. The van der Waals surface area contributed by atoms with Crippen LogP contribution in [-0.4, -0.2) is 45.3 Å². The van der Waals surface area contributed by atoms with E-state index in [2.05, 4.69) is 0 Å². The van der Waals surface area contributed by atoms with Gasteiger partial charge in [0, 0.05) is 12.5 Å². The first-order chi connectivity index (χ1) is 17.3. The van der Waals surface area contributed by atoms with E-state index < -0.39 is 17.7 Å². The Morgan fingerprint density at radius 3 is 2.31 bits per heavy atom. The van der Waals surface area contributed by atoms with Crippen LogP contribution in [0, 0.1) is 5.92 Å². The van der Waals surface area contributed by atoms with Gasteiger partial charge in [-0.2, -0.15) is 0 Å². The molecule has 7 nitrogen and oxygen atoms in total. The van der Waals surface area contributed by atoms with E-state index in [1.807, 2.05) is 42.5 Å². The number of benzene rings is 3. The van der Waals surface area contributed by atoms with Gasteiger partial charge in [0.2, 0.25) is 5.91 Å². The Morgan fingerprint density at radius 1 is 0.917 bits per heavy atom. The summed E-state index contributed by atoms with van der Waals surface area (Å²) in [4.78, 5) is 38.0. The fourth-order valence-corrected chi connectivity index (χ4v) is 5.35. The lowest BCUT2D eigenvalue weighted by molar-refractivity contribution is -0.137. The summed E-state index contributed by atoms with van der Waals surface area (Å²) in [6.07, 6.45) is 3.50. The monoisotopic (exact) mass is 487 g/mol. The number of hydrogen-bond donors (Lipinski definition) is 2. The molecular weight excluding hydrogens is 458 g/mol. The van der Waals surface area contributed by atoms with Crippen molar-refractivity contribution in [2.75, 3.05) is 6.54 Å². The molecule has 0 atom stereocenters. The Morgan fingerprint density at radius 2 is 1.61 bits per heavy atom. The molecule has 36 heavy (non-hydrogen) atoms. The second-order valence-electron chi connectivity index (χ2n) is 9.97. The van der Waals surface area contributed by atoms with Crippen molar-refractivity contribution < 1.29 is 29.3 Å². The van der Waals surface area contributed by atoms with Gasteiger partial charge in [0.15, 0.2) is 0 Å². The van der Waals surface area contributed by atoms with Gasteiger partial charge in [-0.25, -0.2) is 9.59 Å². The first-order valence-electron chi connectivity index (χ1n) is 12.4. The zero-order valence-corrected chi connectivity index (χ0v) is 20.0. The minimum Gasteiger partial charge on any atom is -0.478 e. The molecule has 2 aliphatic rings. The largest absolute Gasteiger partial charge is 0.506 e. The number of amides is 1. The summed E-state index contributed by atoms with van der Waals surface area (Å²) in [5, 5.41) is 20.8. The summed E-state index contributed by atoms with van der Waals surface area (Å²) in [5.74, 6) is -0.880. The number of fused-ring (bicyclic) bond motifs is 1. The minimum absolute atomic E-state index is 0.0191. The average molecular weight is 488 g/mol. The lowest BCUT2D eigenvalue weighted by Gasteiger charge is -2.34. The van der Waals surface area contributed by atoms with E-state index in [9.17, 15) is 24.6 Å². The molecule has 0 saturated heterocycles. The van der Waals surface area contributed by atoms with Gasteiger partial charge in [-0.3, -0.25) is 4.79 Å². The molecule has 1 amide bonds. The summed E-state index contributed by atoms with van der Waals surface area (Å²) < 4.78 is 5.35. The topological polar surface area (TPSA) is 104 Å². The van der Waals surface area contributed by atoms with Gasteiger partial charge in [-0.15, -0.1) is 0 Å². The number of carbonyl (C=O) groups is 3. The summed E-state index contributed by atoms with van der Waals surface area (Å²) >= 11 is 0. The lowest BCUT2D eigenvalue weighted by Crippen LogP contribution is -2.47. The average Bonchev–Trinajstić information content (AvgIpc) is 3.62. The molecule has 0 unspecified atom stereocenters. The zero-order valence-electron chi connectivity index (χ0n) is 20.0. The number of ether oxygens (including phenoxy) is 1. The van der Waals surface area contributed by atoms with E-state index in [0.717, 1.165) is 47.6 Å². The SMILES string of the molecule is O=C(O)OC1(CN(Cc2ccc3cc(-c4ccccc4C(=O)O)ccc3c2)C(=O)C2CC2)CCCC1. The van der Waals surface area contributed by atoms with Crippen LogP contribution >= 0.6 is 0 Å². The second-order valence-corrected chi connectivity index (χ2v) is 9.97. The van der Waals surface area contributed by atoms with Gasteiger partial charge in [-0.1, -0.05) is 42.5 Å². The van der Waals surface area contributed by atoms with Crippen molar-refractivity contribution in [3.63, 3.8) is 0 Å². The van der Waals surface area contributed by atoms with Crippen molar-refractivity contribution in [1.29, 1.82) is 0 Å². The molecule has 0 aromatic heterocycles. The molecule has 0 radical (unpaired) electrons.